The van der Waals surface area contributed by atoms with Crippen LogP contribution in [0.1, 0.15) is 63.6 Å². The van der Waals surface area contributed by atoms with Crippen molar-refractivity contribution in [1.29, 1.82) is 0 Å². The molecule has 19 heavy (non-hydrogen) atoms. The van der Waals surface area contributed by atoms with Gasteiger partial charge in [-0.15, -0.1) is 10.2 Å². The van der Waals surface area contributed by atoms with E-state index in [0.717, 1.165) is 19.1 Å². The van der Waals surface area contributed by atoms with Crippen molar-refractivity contribution in [3.05, 3.63) is 12.2 Å². The lowest BCUT2D eigenvalue weighted by Crippen LogP contribution is -2.18. The minimum Gasteiger partial charge on any atom is -0.383 e. The standard InChI is InChI=1S/C15H27N3O/c1-3-4-5-13-6-8-14(9-7-13)15-17-16-12-18(15)10-11-19-2/h12-14H,3-11H2,1-2H3. The highest BCUT2D eigenvalue weighted by Gasteiger charge is 2.25. The summed E-state index contributed by atoms with van der Waals surface area (Å²) < 4.78 is 7.31. The van der Waals surface area contributed by atoms with Gasteiger partial charge in [-0.3, -0.25) is 0 Å². The molecule has 1 heterocycles. The molecule has 0 saturated heterocycles. The zero-order chi connectivity index (χ0) is 13.5. The highest BCUT2D eigenvalue weighted by Crippen LogP contribution is 2.36. The SMILES string of the molecule is CCCCC1CCC(c2nncn2CCOC)CC1. The van der Waals surface area contributed by atoms with Crippen LogP contribution in [0.5, 0.6) is 0 Å². The predicted molar refractivity (Wildman–Crippen MR) is 76.1 cm³/mol. The fourth-order valence-corrected chi connectivity index (χ4v) is 3.14. The molecule has 0 radical (unpaired) electrons. The molecule has 0 aromatic carbocycles. The van der Waals surface area contributed by atoms with Gasteiger partial charge in [-0.1, -0.05) is 26.2 Å². The zero-order valence-corrected chi connectivity index (χ0v) is 12.3. The molecule has 4 nitrogen and oxygen atoms in total. The first-order valence-electron chi connectivity index (χ1n) is 7.71. The van der Waals surface area contributed by atoms with Crippen LogP contribution in [-0.2, 0) is 11.3 Å². The molecule has 4 heteroatoms. The Bertz CT molecular complexity index is 356. The molecule has 1 aromatic heterocycles. The molecule has 1 saturated carbocycles. The topological polar surface area (TPSA) is 39.9 Å². The Labute approximate surface area is 116 Å². The van der Waals surface area contributed by atoms with E-state index < -0.39 is 0 Å². The second-order valence-electron chi connectivity index (χ2n) is 5.74. The Morgan fingerprint density at radius 2 is 2.11 bits per heavy atom. The summed E-state index contributed by atoms with van der Waals surface area (Å²) in [5, 5.41) is 8.41. The molecule has 0 atom stereocenters. The van der Waals surface area contributed by atoms with E-state index in [1.807, 2.05) is 6.33 Å². The highest BCUT2D eigenvalue weighted by atomic mass is 16.5. The van der Waals surface area contributed by atoms with Crippen molar-refractivity contribution in [2.24, 2.45) is 5.92 Å². The lowest BCUT2D eigenvalue weighted by molar-refractivity contribution is 0.184. The molecule has 0 unspecified atom stereocenters. The minimum absolute atomic E-state index is 0.609. The maximum Gasteiger partial charge on any atom is 0.135 e. The van der Waals surface area contributed by atoms with Gasteiger partial charge in [-0.05, 0) is 31.6 Å². The molecule has 0 amide bonds. The molecular weight excluding hydrogens is 238 g/mol. The van der Waals surface area contributed by atoms with Crippen LogP contribution in [0.2, 0.25) is 0 Å². The summed E-state index contributed by atoms with van der Waals surface area (Å²) in [6.07, 6.45) is 11.3. The van der Waals surface area contributed by atoms with Crippen LogP contribution in [0.15, 0.2) is 6.33 Å². The van der Waals surface area contributed by atoms with E-state index >= 15 is 0 Å². The number of unbranched alkanes of at least 4 members (excludes halogenated alkanes) is 1. The third-order valence-electron chi connectivity index (χ3n) is 4.36. The van der Waals surface area contributed by atoms with Gasteiger partial charge in [0.25, 0.3) is 0 Å². The van der Waals surface area contributed by atoms with Crippen LogP contribution < -0.4 is 0 Å². The van der Waals surface area contributed by atoms with Gasteiger partial charge in [0.05, 0.1) is 6.61 Å². The number of aromatic nitrogens is 3. The number of hydrogen-bond acceptors (Lipinski definition) is 3. The molecule has 0 aliphatic heterocycles. The lowest BCUT2D eigenvalue weighted by atomic mass is 9.79. The summed E-state index contributed by atoms with van der Waals surface area (Å²) in [4.78, 5) is 0. The molecule has 0 spiro atoms. The van der Waals surface area contributed by atoms with Crippen LogP contribution >= 0.6 is 0 Å². The van der Waals surface area contributed by atoms with Gasteiger partial charge in [0, 0.05) is 19.6 Å². The number of hydrogen-bond donors (Lipinski definition) is 0. The molecule has 1 aliphatic rings. The Kier molecular flexibility index (Phi) is 5.83. The predicted octanol–water partition coefficient (Wildman–Crippen LogP) is 3.39. The molecule has 0 bridgehead atoms. The van der Waals surface area contributed by atoms with Gasteiger partial charge in [0.15, 0.2) is 0 Å². The first kappa shape index (κ1) is 14.5. The zero-order valence-electron chi connectivity index (χ0n) is 12.3. The molecule has 1 aromatic rings. The number of rotatable bonds is 7. The molecular formula is C15H27N3O. The Balaban J connectivity index is 1.85. The lowest BCUT2D eigenvalue weighted by Gasteiger charge is -2.28. The van der Waals surface area contributed by atoms with E-state index in [0.29, 0.717) is 5.92 Å². The largest absolute Gasteiger partial charge is 0.383 e. The number of nitrogens with zero attached hydrogens (tertiary/aromatic N) is 3. The highest BCUT2D eigenvalue weighted by molar-refractivity contribution is 4.98. The van der Waals surface area contributed by atoms with Crippen molar-refractivity contribution in [1.82, 2.24) is 14.8 Å². The van der Waals surface area contributed by atoms with E-state index in [-0.39, 0.29) is 0 Å². The Hall–Kier alpha value is -0.900. The van der Waals surface area contributed by atoms with E-state index in [2.05, 4.69) is 21.7 Å². The average molecular weight is 265 g/mol. The summed E-state index contributed by atoms with van der Waals surface area (Å²) in [5.74, 6) is 2.73. The number of ether oxygens (including phenoxy) is 1. The van der Waals surface area contributed by atoms with Crippen molar-refractivity contribution >= 4 is 0 Å². The van der Waals surface area contributed by atoms with Gasteiger partial charge in [0.1, 0.15) is 12.2 Å². The van der Waals surface area contributed by atoms with Crippen LogP contribution in [0.25, 0.3) is 0 Å². The summed E-state index contributed by atoms with van der Waals surface area (Å²) in [5.41, 5.74) is 0. The van der Waals surface area contributed by atoms with E-state index in [4.69, 9.17) is 4.74 Å². The van der Waals surface area contributed by atoms with E-state index in [9.17, 15) is 0 Å². The van der Waals surface area contributed by atoms with Crippen LogP contribution in [-0.4, -0.2) is 28.5 Å². The van der Waals surface area contributed by atoms with E-state index in [1.54, 1.807) is 7.11 Å². The molecule has 1 fully saturated rings. The van der Waals surface area contributed by atoms with Crippen molar-refractivity contribution in [2.45, 2.75) is 64.3 Å². The van der Waals surface area contributed by atoms with Crippen molar-refractivity contribution in [3.63, 3.8) is 0 Å². The van der Waals surface area contributed by atoms with Crippen LogP contribution in [0.4, 0.5) is 0 Å². The van der Waals surface area contributed by atoms with Gasteiger partial charge in [-0.25, -0.2) is 0 Å². The molecule has 1 aliphatic carbocycles. The fraction of sp³-hybridized carbons (Fsp3) is 0.867. The first-order chi connectivity index (χ1) is 9.35. The Morgan fingerprint density at radius 1 is 1.32 bits per heavy atom. The summed E-state index contributed by atoms with van der Waals surface area (Å²) >= 11 is 0. The quantitative estimate of drug-likeness (QED) is 0.758. The molecule has 108 valence electrons. The maximum absolute atomic E-state index is 5.14. The second-order valence-corrected chi connectivity index (χ2v) is 5.74. The average Bonchev–Trinajstić information content (AvgIpc) is 2.92. The van der Waals surface area contributed by atoms with Crippen LogP contribution in [0, 0.1) is 5.92 Å². The number of methoxy groups -OCH3 is 1. The summed E-state index contributed by atoms with van der Waals surface area (Å²) in [7, 11) is 1.74. The first-order valence-corrected chi connectivity index (χ1v) is 7.71. The second kappa shape index (κ2) is 7.63. The summed E-state index contributed by atoms with van der Waals surface area (Å²) in [6, 6.07) is 0. The molecule has 2 rings (SSSR count). The van der Waals surface area contributed by atoms with Crippen molar-refractivity contribution in [2.75, 3.05) is 13.7 Å². The van der Waals surface area contributed by atoms with Gasteiger partial charge in [0.2, 0.25) is 0 Å². The molecule has 0 N–H and O–H groups in total. The normalized spacial score (nSPS) is 23.7. The smallest absolute Gasteiger partial charge is 0.135 e. The summed E-state index contributed by atoms with van der Waals surface area (Å²) in [6.45, 7) is 3.88. The Morgan fingerprint density at radius 3 is 2.79 bits per heavy atom. The third-order valence-corrected chi connectivity index (χ3v) is 4.36. The monoisotopic (exact) mass is 265 g/mol. The minimum atomic E-state index is 0.609. The fourth-order valence-electron chi connectivity index (χ4n) is 3.14. The van der Waals surface area contributed by atoms with E-state index in [1.165, 1.54) is 50.8 Å². The van der Waals surface area contributed by atoms with Crippen molar-refractivity contribution < 1.29 is 4.74 Å². The van der Waals surface area contributed by atoms with Gasteiger partial charge < -0.3 is 9.30 Å². The third kappa shape index (κ3) is 4.03. The van der Waals surface area contributed by atoms with Gasteiger partial charge in [-0.2, -0.15) is 0 Å². The maximum atomic E-state index is 5.14. The van der Waals surface area contributed by atoms with Crippen molar-refractivity contribution in [3.8, 4) is 0 Å². The van der Waals surface area contributed by atoms with Crippen LogP contribution in [0.3, 0.4) is 0 Å². The van der Waals surface area contributed by atoms with Gasteiger partial charge >= 0.3 is 0 Å².